The molecule has 5 aliphatic rings. The molecule has 8 heterocycles. The lowest BCUT2D eigenvalue weighted by Gasteiger charge is -2.36. The number of tetrazole rings is 1. The summed E-state index contributed by atoms with van der Waals surface area (Å²) in [5.41, 5.74) is 12.5. The lowest BCUT2D eigenvalue weighted by atomic mass is 9.81. The molecule has 356 valence electrons. The first-order valence-electron chi connectivity index (χ1n) is 24.2. The smallest absolute Gasteiger partial charge is 0.324 e. The molecule has 1 saturated carbocycles. The number of nitrogens with zero attached hydrogens (tertiary/aromatic N) is 10. The van der Waals surface area contributed by atoms with Crippen LogP contribution in [-0.2, 0) is 56.7 Å². The molecule has 67 heavy (non-hydrogen) atoms. The molecule has 17 nitrogen and oxygen atoms in total. The van der Waals surface area contributed by atoms with Crippen molar-refractivity contribution in [2.24, 2.45) is 18.4 Å². The fourth-order valence-electron chi connectivity index (χ4n) is 11.0. The third-order valence-corrected chi connectivity index (χ3v) is 15.8. The van der Waals surface area contributed by atoms with Crippen LogP contribution >= 0.6 is 11.3 Å². The van der Waals surface area contributed by atoms with Gasteiger partial charge in [0.2, 0.25) is 5.91 Å². The second-order valence-electron chi connectivity index (χ2n) is 20.3. The molecule has 2 saturated heterocycles. The highest BCUT2D eigenvalue weighted by molar-refractivity contribution is 7.10. The minimum Gasteiger partial charge on any atom is -0.464 e. The fraction of sp³-hybridized carbons (Fsp3) is 0.592. The first-order chi connectivity index (χ1) is 32.3. The summed E-state index contributed by atoms with van der Waals surface area (Å²) in [6.45, 7) is 11.7. The van der Waals surface area contributed by atoms with Crippen LogP contribution in [0.4, 0.5) is 5.69 Å². The molecule has 18 heteroatoms. The van der Waals surface area contributed by atoms with Crippen LogP contribution in [0.25, 0.3) is 33.4 Å². The zero-order chi connectivity index (χ0) is 46.6. The summed E-state index contributed by atoms with van der Waals surface area (Å²) in [7, 11) is 5.76. The van der Waals surface area contributed by atoms with Gasteiger partial charge in [0.05, 0.1) is 52.2 Å². The monoisotopic (exact) mass is 932 g/mol. The Morgan fingerprint density at radius 2 is 1.82 bits per heavy atom. The van der Waals surface area contributed by atoms with E-state index in [1.54, 1.807) is 11.8 Å². The van der Waals surface area contributed by atoms with Gasteiger partial charge in [-0.25, -0.2) is 15.1 Å². The average Bonchev–Trinajstić information content (AvgIpc) is 4.08. The van der Waals surface area contributed by atoms with Crippen LogP contribution in [0, 0.1) is 11.3 Å². The number of aromatic nitrogens is 7. The molecule has 2 N–H and O–H groups in total. The van der Waals surface area contributed by atoms with Gasteiger partial charge >= 0.3 is 5.97 Å². The summed E-state index contributed by atoms with van der Waals surface area (Å²) >= 11 is 1.51. The van der Waals surface area contributed by atoms with E-state index in [0.29, 0.717) is 38.6 Å². The van der Waals surface area contributed by atoms with Crippen LogP contribution in [0.1, 0.15) is 105 Å². The Morgan fingerprint density at radius 3 is 2.58 bits per heavy atom. The molecule has 10 rings (SSSR count). The van der Waals surface area contributed by atoms with E-state index in [1.807, 2.05) is 13.2 Å². The average molecular weight is 933 g/mol. The quantitative estimate of drug-likeness (QED) is 0.199. The number of likely N-dealkylation sites (N-methyl/N-ethyl adjacent to an activating group) is 1. The van der Waals surface area contributed by atoms with Gasteiger partial charge in [0.15, 0.2) is 5.82 Å². The number of hydrogen-bond donors (Lipinski definition) is 2. The summed E-state index contributed by atoms with van der Waals surface area (Å²) < 4.78 is 16.5. The van der Waals surface area contributed by atoms with E-state index >= 15 is 0 Å². The van der Waals surface area contributed by atoms with Crippen molar-refractivity contribution in [2.45, 2.75) is 116 Å². The van der Waals surface area contributed by atoms with Crippen LogP contribution in [0.15, 0.2) is 29.8 Å². The van der Waals surface area contributed by atoms with Gasteiger partial charge < -0.3 is 29.2 Å². The Labute approximate surface area is 395 Å². The van der Waals surface area contributed by atoms with E-state index in [4.69, 9.17) is 19.4 Å². The maximum atomic E-state index is 14.6. The Bertz CT molecular complexity index is 2660. The fourth-order valence-corrected chi connectivity index (χ4v) is 11.9. The molecule has 3 fully saturated rings. The van der Waals surface area contributed by atoms with Crippen LogP contribution in [0.3, 0.4) is 0 Å². The number of ether oxygens (including phenoxy) is 2. The number of nitrogens with one attached hydrogen (secondary N) is 2. The van der Waals surface area contributed by atoms with Gasteiger partial charge in [-0.1, -0.05) is 13.8 Å². The predicted molar refractivity (Wildman–Crippen MR) is 255 cm³/mol. The Morgan fingerprint density at radius 1 is 1.01 bits per heavy atom. The van der Waals surface area contributed by atoms with Gasteiger partial charge in [0.1, 0.15) is 12.1 Å². The highest BCUT2D eigenvalue weighted by Crippen LogP contribution is 2.46. The van der Waals surface area contributed by atoms with E-state index < -0.39 is 23.5 Å². The van der Waals surface area contributed by atoms with Gasteiger partial charge in [-0.05, 0) is 112 Å². The summed E-state index contributed by atoms with van der Waals surface area (Å²) in [5, 5.41) is 20.7. The number of amides is 2. The van der Waals surface area contributed by atoms with Crippen LogP contribution < -0.4 is 15.6 Å². The number of methoxy groups -OCH3 is 1. The van der Waals surface area contributed by atoms with Crippen molar-refractivity contribution in [3.05, 3.63) is 57.4 Å². The first-order valence-corrected chi connectivity index (χ1v) is 25.1. The summed E-state index contributed by atoms with van der Waals surface area (Å²) in [6.07, 6.45) is 8.54. The molecule has 6 bridgehead atoms. The maximum absolute atomic E-state index is 14.6. The second kappa shape index (κ2) is 18.7. The van der Waals surface area contributed by atoms with Gasteiger partial charge in [-0.2, -0.15) is 0 Å². The van der Waals surface area contributed by atoms with Gasteiger partial charge in [0, 0.05) is 99.0 Å². The topological polar surface area (TPSA) is 178 Å². The molecular formula is C49H64N12O5S. The number of esters is 1. The standard InChI is InChI=1S/C49H64N12O5S/c1-29(65-6)42-36(23-34(26-50-42)59-19-17-57(4)18-20-59)44-37-25-49(2,3)28-66-48(64)38-10-8-16-61(54-38)47(63)39(52-46(62)31-13-11-30(12-14-31)45-53-55-56-58(45)5)24-41-51-40(27-67-41)33-21-32-9-7-15-60(44)43(32)35(37)22-33/h21-23,26-27,29-31,38-39,54H,7-20,24-25,28H2,1-6H3,(H,52,62)/t29-,30?,31?,38-,39-/m0/s1. The molecule has 3 atom stereocenters. The molecular weight excluding hydrogens is 869 g/mol. The summed E-state index contributed by atoms with van der Waals surface area (Å²) in [5.74, 6) is -0.0703. The second-order valence-corrected chi connectivity index (χ2v) is 21.2. The van der Waals surface area contributed by atoms with Crippen molar-refractivity contribution < 1.29 is 23.9 Å². The van der Waals surface area contributed by atoms with Gasteiger partial charge in [-0.15, -0.1) is 16.4 Å². The number of carbonyl (C=O) groups is 3. The van der Waals surface area contributed by atoms with Crippen LogP contribution in [0.2, 0.25) is 0 Å². The highest BCUT2D eigenvalue weighted by atomic mass is 32.1. The normalized spacial score (nSPS) is 24.3. The number of hydrazine groups is 1. The molecule has 1 aliphatic carbocycles. The minimum atomic E-state index is -0.891. The zero-order valence-electron chi connectivity index (χ0n) is 39.7. The number of hydrogen-bond acceptors (Lipinski definition) is 14. The maximum Gasteiger partial charge on any atom is 0.324 e. The molecule has 1 aromatic carbocycles. The van der Waals surface area contributed by atoms with Gasteiger partial charge in [0.25, 0.3) is 5.91 Å². The molecule has 0 radical (unpaired) electrons. The van der Waals surface area contributed by atoms with Crippen molar-refractivity contribution in [3.8, 4) is 22.5 Å². The van der Waals surface area contributed by atoms with Crippen molar-refractivity contribution >= 4 is 45.7 Å². The molecule has 4 aromatic heterocycles. The Balaban J connectivity index is 1.04. The van der Waals surface area contributed by atoms with Crippen LogP contribution in [-0.4, -0.2) is 128 Å². The number of anilines is 1. The van der Waals surface area contributed by atoms with E-state index in [2.05, 4.69) is 92.0 Å². The molecule has 2 amide bonds. The first kappa shape index (κ1) is 45.5. The minimum absolute atomic E-state index is 0.147. The molecule has 0 spiro atoms. The third-order valence-electron chi connectivity index (χ3n) is 14.9. The number of piperazine rings is 1. The van der Waals surface area contributed by atoms with E-state index in [9.17, 15) is 14.4 Å². The summed E-state index contributed by atoms with van der Waals surface area (Å²) in [6, 6.07) is 5.32. The number of fused-ring (bicyclic) bond motifs is 6. The van der Waals surface area contributed by atoms with E-state index in [0.717, 1.165) is 109 Å². The predicted octanol–water partition coefficient (Wildman–Crippen LogP) is 5.38. The largest absolute Gasteiger partial charge is 0.464 e. The molecule has 4 aliphatic heterocycles. The number of cyclic esters (lactones) is 1. The Hall–Kier alpha value is -5.30. The third kappa shape index (κ3) is 9.09. The van der Waals surface area contributed by atoms with Crippen molar-refractivity contribution in [2.75, 3.05) is 58.4 Å². The summed E-state index contributed by atoms with van der Waals surface area (Å²) in [4.78, 5) is 57.9. The number of rotatable bonds is 7. The number of thiazole rings is 1. The van der Waals surface area contributed by atoms with Gasteiger partial charge in [-0.3, -0.25) is 24.4 Å². The number of pyridine rings is 1. The zero-order valence-corrected chi connectivity index (χ0v) is 40.5. The molecule has 0 unspecified atom stereocenters. The number of aryl methyl sites for hydroxylation is 3. The Kier molecular flexibility index (Phi) is 12.7. The van der Waals surface area contributed by atoms with Crippen LogP contribution in [0.5, 0.6) is 0 Å². The highest BCUT2D eigenvalue weighted by Gasteiger charge is 2.38. The SMILES string of the molecule is CO[C@@H](C)c1ncc(N2CCN(C)CC2)cc1-c1c2c3cc(cc4c3n1CCC4)-c1csc(n1)C[C@H](NC(=O)C1CCC(c3nnnn3C)CC1)C(=O)N1CCC[C@H](N1)C(=O)OCC(C)(C)C2. The van der Waals surface area contributed by atoms with Crippen molar-refractivity contribution in [1.29, 1.82) is 0 Å². The lowest BCUT2D eigenvalue weighted by Crippen LogP contribution is -2.60. The number of benzene rings is 1. The van der Waals surface area contributed by atoms with Crippen molar-refractivity contribution in [1.82, 2.24) is 55.4 Å². The number of carbonyl (C=O) groups excluding carboxylic acids is 3. The van der Waals surface area contributed by atoms with E-state index in [-0.39, 0.29) is 42.8 Å². The van der Waals surface area contributed by atoms with E-state index in [1.165, 1.54) is 33.0 Å². The van der Waals surface area contributed by atoms with Crippen molar-refractivity contribution in [3.63, 3.8) is 0 Å². The molecule has 5 aromatic rings. The lowest BCUT2D eigenvalue weighted by molar-refractivity contribution is -0.155.